The van der Waals surface area contributed by atoms with Gasteiger partial charge in [-0.25, -0.2) is 9.97 Å². The average molecular weight is 269 g/mol. The molecule has 0 aliphatic heterocycles. The monoisotopic (exact) mass is 269 g/mol. The molecule has 0 amide bonds. The Bertz CT molecular complexity index is 564. The molecule has 0 aliphatic rings. The van der Waals surface area contributed by atoms with Gasteiger partial charge >= 0.3 is 0 Å². The topological polar surface area (TPSA) is 74.9 Å². The van der Waals surface area contributed by atoms with Crippen molar-refractivity contribution in [3.8, 4) is 6.07 Å². The van der Waals surface area contributed by atoms with Gasteiger partial charge in [-0.05, 0) is 11.6 Å². The van der Waals surface area contributed by atoms with Crippen LogP contribution in [0.2, 0.25) is 0 Å². The van der Waals surface area contributed by atoms with Crippen molar-refractivity contribution >= 4 is 5.82 Å². The lowest BCUT2D eigenvalue weighted by Crippen LogP contribution is -2.27. The summed E-state index contributed by atoms with van der Waals surface area (Å²) in [5.41, 5.74) is 1.39. The molecule has 0 radical (unpaired) electrons. The molecular formula is C14H15N5O. The van der Waals surface area contributed by atoms with Crippen molar-refractivity contribution in [2.75, 3.05) is 25.2 Å². The largest absolute Gasteiger partial charge is 0.383 e. The molecule has 0 aliphatic carbocycles. The molecular weight excluding hydrogens is 254 g/mol. The molecule has 6 heteroatoms. The van der Waals surface area contributed by atoms with E-state index in [1.165, 1.54) is 6.20 Å². The van der Waals surface area contributed by atoms with Gasteiger partial charge in [-0.15, -0.1) is 0 Å². The maximum absolute atomic E-state index is 8.75. The fourth-order valence-corrected chi connectivity index (χ4v) is 1.73. The zero-order valence-electron chi connectivity index (χ0n) is 11.2. The van der Waals surface area contributed by atoms with Crippen LogP contribution in [0.15, 0.2) is 36.9 Å². The zero-order chi connectivity index (χ0) is 14.2. The normalized spacial score (nSPS) is 10.0. The van der Waals surface area contributed by atoms with E-state index in [1.54, 1.807) is 19.5 Å². The van der Waals surface area contributed by atoms with Crippen molar-refractivity contribution in [3.63, 3.8) is 0 Å². The van der Waals surface area contributed by atoms with Gasteiger partial charge in [0.25, 0.3) is 0 Å². The first-order valence-electron chi connectivity index (χ1n) is 6.18. The number of nitriles is 1. The molecule has 2 heterocycles. The maximum Gasteiger partial charge on any atom is 0.158 e. The van der Waals surface area contributed by atoms with E-state index in [9.17, 15) is 0 Å². The first kappa shape index (κ1) is 13.9. The van der Waals surface area contributed by atoms with Crippen LogP contribution >= 0.6 is 0 Å². The number of pyridine rings is 1. The molecule has 2 aromatic rings. The summed E-state index contributed by atoms with van der Waals surface area (Å²) in [6.45, 7) is 1.94. The number of methoxy groups -OCH3 is 1. The maximum atomic E-state index is 8.75. The molecule has 2 aromatic heterocycles. The summed E-state index contributed by atoms with van der Waals surface area (Å²) < 4.78 is 5.12. The summed E-state index contributed by atoms with van der Waals surface area (Å²) in [6.07, 6.45) is 6.63. The Kier molecular flexibility index (Phi) is 4.98. The summed E-state index contributed by atoms with van der Waals surface area (Å²) >= 11 is 0. The number of rotatable bonds is 6. The quantitative estimate of drug-likeness (QED) is 0.789. The van der Waals surface area contributed by atoms with Gasteiger partial charge in [-0.2, -0.15) is 5.26 Å². The van der Waals surface area contributed by atoms with Crippen LogP contribution in [0.1, 0.15) is 11.3 Å². The minimum atomic E-state index is 0.307. The minimum Gasteiger partial charge on any atom is -0.383 e. The van der Waals surface area contributed by atoms with Crippen molar-refractivity contribution < 1.29 is 4.74 Å². The number of anilines is 1. The van der Waals surface area contributed by atoms with Crippen LogP contribution in [0.5, 0.6) is 0 Å². The third kappa shape index (κ3) is 3.73. The van der Waals surface area contributed by atoms with Crippen molar-refractivity contribution in [2.45, 2.75) is 6.54 Å². The highest BCUT2D eigenvalue weighted by molar-refractivity contribution is 5.38. The van der Waals surface area contributed by atoms with E-state index in [4.69, 9.17) is 10.00 Å². The van der Waals surface area contributed by atoms with E-state index in [-0.39, 0.29) is 0 Å². The number of hydrogen-bond acceptors (Lipinski definition) is 6. The highest BCUT2D eigenvalue weighted by atomic mass is 16.5. The average Bonchev–Trinajstić information content (AvgIpc) is 2.52. The third-order valence-corrected chi connectivity index (χ3v) is 2.74. The predicted molar refractivity (Wildman–Crippen MR) is 73.9 cm³/mol. The summed E-state index contributed by atoms with van der Waals surface area (Å²) in [5, 5.41) is 8.75. The second kappa shape index (κ2) is 7.16. The smallest absolute Gasteiger partial charge is 0.158 e. The van der Waals surface area contributed by atoms with E-state index in [0.29, 0.717) is 31.2 Å². The molecule has 0 unspecified atom stereocenters. The molecule has 0 saturated carbocycles. The molecule has 20 heavy (non-hydrogen) atoms. The van der Waals surface area contributed by atoms with Gasteiger partial charge < -0.3 is 9.64 Å². The molecule has 102 valence electrons. The molecule has 0 fully saturated rings. The van der Waals surface area contributed by atoms with Crippen LogP contribution in [-0.2, 0) is 11.3 Å². The molecule has 6 nitrogen and oxygen atoms in total. The first-order valence-corrected chi connectivity index (χ1v) is 6.18. The van der Waals surface area contributed by atoms with Crippen LogP contribution in [0, 0.1) is 11.3 Å². The van der Waals surface area contributed by atoms with Crippen LogP contribution < -0.4 is 4.90 Å². The number of ether oxygens (including phenoxy) is 1. The fourth-order valence-electron chi connectivity index (χ4n) is 1.73. The standard InChI is InChI=1S/C14H15N5O/c1-20-6-5-19(11-12-3-2-4-16-8-12)14-10-17-13(7-15)9-18-14/h2-4,8-10H,5-6,11H2,1H3. The van der Waals surface area contributed by atoms with Crippen molar-refractivity contribution in [1.82, 2.24) is 15.0 Å². The lowest BCUT2D eigenvalue weighted by Gasteiger charge is -2.22. The Labute approximate surface area is 117 Å². The number of hydrogen-bond donors (Lipinski definition) is 0. The second-order valence-electron chi connectivity index (χ2n) is 4.15. The van der Waals surface area contributed by atoms with Gasteiger partial charge in [0.1, 0.15) is 11.9 Å². The predicted octanol–water partition coefficient (Wildman–Crippen LogP) is 1.40. The summed E-state index contributed by atoms with van der Waals surface area (Å²) in [6, 6.07) is 5.86. The Hall–Kier alpha value is -2.52. The Morgan fingerprint density at radius 2 is 2.20 bits per heavy atom. The number of aromatic nitrogens is 3. The van der Waals surface area contributed by atoms with Crippen LogP contribution in [0.4, 0.5) is 5.82 Å². The molecule has 0 spiro atoms. The lowest BCUT2D eigenvalue weighted by molar-refractivity contribution is 0.205. The van der Waals surface area contributed by atoms with E-state index in [2.05, 4.69) is 15.0 Å². The van der Waals surface area contributed by atoms with Gasteiger partial charge in [0.05, 0.1) is 19.0 Å². The molecule has 0 bridgehead atoms. The van der Waals surface area contributed by atoms with Crippen molar-refractivity contribution in [1.29, 1.82) is 5.26 Å². The van der Waals surface area contributed by atoms with Crippen LogP contribution in [-0.4, -0.2) is 35.2 Å². The minimum absolute atomic E-state index is 0.307. The van der Waals surface area contributed by atoms with E-state index < -0.39 is 0 Å². The zero-order valence-corrected chi connectivity index (χ0v) is 11.2. The van der Waals surface area contributed by atoms with E-state index >= 15 is 0 Å². The Morgan fingerprint density at radius 1 is 1.30 bits per heavy atom. The van der Waals surface area contributed by atoms with Crippen LogP contribution in [0.3, 0.4) is 0 Å². The van der Waals surface area contributed by atoms with E-state index in [1.807, 2.05) is 29.3 Å². The lowest BCUT2D eigenvalue weighted by atomic mass is 10.2. The third-order valence-electron chi connectivity index (χ3n) is 2.74. The van der Waals surface area contributed by atoms with Crippen molar-refractivity contribution in [3.05, 3.63) is 48.2 Å². The van der Waals surface area contributed by atoms with Gasteiger partial charge in [-0.1, -0.05) is 6.07 Å². The second-order valence-corrected chi connectivity index (χ2v) is 4.15. The van der Waals surface area contributed by atoms with Crippen molar-refractivity contribution in [2.24, 2.45) is 0 Å². The SMILES string of the molecule is COCCN(Cc1cccnc1)c1cnc(C#N)cn1. The van der Waals surface area contributed by atoms with E-state index in [0.717, 1.165) is 5.56 Å². The molecule has 2 rings (SSSR count). The highest BCUT2D eigenvalue weighted by Gasteiger charge is 2.09. The highest BCUT2D eigenvalue weighted by Crippen LogP contribution is 2.12. The van der Waals surface area contributed by atoms with Gasteiger partial charge in [-0.3, -0.25) is 4.98 Å². The molecule has 0 N–H and O–H groups in total. The fraction of sp³-hybridized carbons (Fsp3) is 0.286. The first-order chi connectivity index (χ1) is 9.83. The van der Waals surface area contributed by atoms with Crippen LogP contribution in [0.25, 0.3) is 0 Å². The molecule has 0 aromatic carbocycles. The Morgan fingerprint density at radius 3 is 2.80 bits per heavy atom. The summed E-state index contributed by atoms with van der Waals surface area (Å²) in [5.74, 6) is 0.713. The summed E-state index contributed by atoms with van der Waals surface area (Å²) in [7, 11) is 1.66. The summed E-state index contributed by atoms with van der Waals surface area (Å²) in [4.78, 5) is 14.4. The van der Waals surface area contributed by atoms with Gasteiger partial charge in [0.2, 0.25) is 0 Å². The van der Waals surface area contributed by atoms with Gasteiger partial charge in [0, 0.05) is 32.6 Å². The molecule has 0 atom stereocenters. The number of nitrogens with zero attached hydrogens (tertiary/aromatic N) is 5. The van der Waals surface area contributed by atoms with Gasteiger partial charge in [0.15, 0.2) is 5.69 Å². The molecule has 0 saturated heterocycles. The Balaban J connectivity index is 2.15.